The highest BCUT2D eigenvalue weighted by Gasteiger charge is 2.16. The summed E-state index contributed by atoms with van der Waals surface area (Å²) in [6.07, 6.45) is 1.51. The lowest BCUT2D eigenvalue weighted by Gasteiger charge is -2.19. The summed E-state index contributed by atoms with van der Waals surface area (Å²) in [5.41, 5.74) is 2.06. The number of aromatic nitrogens is 1. The monoisotopic (exact) mass is 434 g/mol. The van der Waals surface area contributed by atoms with Gasteiger partial charge in [0.25, 0.3) is 0 Å². The number of nitrogens with one attached hydrogen (secondary N) is 1. The molecule has 0 aliphatic heterocycles. The fourth-order valence-corrected chi connectivity index (χ4v) is 2.58. The zero-order chi connectivity index (χ0) is 14.0. The third-order valence-electron chi connectivity index (χ3n) is 2.60. The molecule has 0 aliphatic rings. The molecule has 1 aromatic heterocycles. The molecular weight excluding hydrogens is 419 g/mol. The molecule has 0 aliphatic carbocycles. The van der Waals surface area contributed by atoms with E-state index >= 15 is 0 Å². The van der Waals surface area contributed by atoms with E-state index in [1.54, 1.807) is 0 Å². The molecule has 0 fully saturated rings. The quantitative estimate of drug-likeness (QED) is 0.717. The van der Waals surface area contributed by atoms with Crippen LogP contribution in [-0.4, -0.2) is 10.5 Å². The lowest BCUT2D eigenvalue weighted by molar-refractivity contribution is 0.421. The molecule has 2 aromatic rings. The molecule has 0 atom stereocenters. The van der Waals surface area contributed by atoms with Crippen LogP contribution in [0.15, 0.2) is 33.5 Å². The van der Waals surface area contributed by atoms with Gasteiger partial charge in [-0.1, -0.05) is 15.9 Å². The van der Waals surface area contributed by atoms with Crippen molar-refractivity contribution in [2.45, 2.75) is 32.9 Å². The largest absolute Gasteiger partial charge is 0.443 e. The minimum absolute atomic E-state index is 0.0562. The topological polar surface area (TPSA) is 38.1 Å². The van der Waals surface area contributed by atoms with Gasteiger partial charge in [0.05, 0.1) is 0 Å². The maximum atomic E-state index is 5.57. The number of hydrogen-bond acceptors (Lipinski definition) is 3. The lowest BCUT2D eigenvalue weighted by atomic mass is 10.1. The van der Waals surface area contributed by atoms with Crippen molar-refractivity contribution in [3.8, 4) is 11.3 Å². The van der Waals surface area contributed by atoms with Crippen LogP contribution in [0.2, 0.25) is 0 Å². The average Bonchev–Trinajstić information content (AvgIpc) is 2.77. The minimum Gasteiger partial charge on any atom is -0.443 e. The van der Waals surface area contributed by atoms with Crippen LogP contribution in [-0.2, 0) is 6.54 Å². The Hall–Kier alpha value is -0.400. The first kappa shape index (κ1) is 15.0. The summed E-state index contributed by atoms with van der Waals surface area (Å²) in [5, 5.41) is 3.43. The molecule has 3 nitrogen and oxygen atoms in total. The van der Waals surface area contributed by atoms with E-state index in [1.165, 1.54) is 6.39 Å². The number of rotatable bonds is 3. The van der Waals surface area contributed by atoms with E-state index < -0.39 is 0 Å². The van der Waals surface area contributed by atoms with Crippen molar-refractivity contribution in [1.29, 1.82) is 0 Å². The molecule has 0 saturated heterocycles. The van der Waals surface area contributed by atoms with Gasteiger partial charge in [0.15, 0.2) is 12.2 Å². The molecule has 2 rings (SSSR count). The molecule has 0 radical (unpaired) electrons. The smallest absolute Gasteiger partial charge is 0.181 e. The molecule has 0 unspecified atom stereocenters. The summed E-state index contributed by atoms with van der Waals surface area (Å²) in [5.74, 6) is 0.836. The molecule has 19 heavy (non-hydrogen) atoms. The van der Waals surface area contributed by atoms with Crippen LogP contribution in [0.3, 0.4) is 0 Å². The van der Waals surface area contributed by atoms with Gasteiger partial charge in [-0.2, -0.15) is 0 Å². The van der Waals surface area contributed by atoms with E-state index in [1.807, 2.05) is 6.07 Å². The molecule has 0 spiro atoms. The molecule has 0 amide bonds. The van der Waals surface area contributed by atoms with E-state index in [0.29, 0.717) is 6.54 Å². The summed E-state index contributed by atoms with van der Waals surface area (Å²) >= 11 is 5.81. The first-order valence-corrected chi connectivity index (χ1v) is 7.87. The predicted octanol–water partition coefficient (Wildman–Crippen LogP) is 4.60. The Labute approximate surface area is 135 Å². The summed E-state index contributed by atoms with van der Waals surface area (Å²) < 4.78 is 7.76. The second-order valence-electron chi connectivity index (χ2n) is 5.36. The minimum atomic E-state index is 0.0562. The fraction of sp³-hybridized carbons (Fsp3) is 0.357. The third kappa shape index (κ3) is 4.03. The molecule has 5 heteroatoms. The van der Waals surface area contributed by atoms with Crippen LogP contribution < -0.4 is 5.32 Å². The first-order chi connectivity index (χ1) is 8.87. The summed E-state index contributed by atoms with van der Waals surface area (Å²) in [6, 6.07) is 6.14. The van der Waals surface area contributed by atoms with E-state index in [9.17, 15) is 0 Å². The molecule has 1 heterocycles. The molecule has 0 bridgehead atoms. The van der Waals surface area contributed by atoms with Gasteiger partial charge < -0.3 is 9.73 Å². The van der Waals surface area contributed by atoms with Crippen molar-refractivity contribution in [2.24, 2.45) is 0 Å². The van der Waals surface area contributed by atoms with Crippen LogP contribution in [0.25, 0.3) is 11.3 Å². The Bertz CT molecular complexity index is 575. The van der Waals surface area contributed by atoms with Gasteiger partial charge >= 0.3 is 0 Å². The normalized spacial score (nSPS) is 11.8. The zero-order valence-electron chi connectivity index (χ0n) is 11.1. The van der Waals surface area contributed by atoms with Crippen molar-refractivity contribution in [3.63, 3.8) is 0 Å². The molecular formula is C14H16BrIN2O. The SMILES string of the molecule is CC(C)(C)NCc1ncoc1-c1cc(Br)ccc1I. The van der Waals surface area contributed by atoms with Crippen molar-refractivity contribution in [2.75, 3.05) is 0 Å². The van der Waals surface area contributed by atoms with Crippen molar-refractivity contribution in [1.82, 2.24) is 10.3 Å². The average molecular weight is 435 g/mol. The predicted molar refractivity (Wildman–Crippen MR) is 88.9 cm³/mol. The molecule has 1 aromatic carbocycles. The maximum absolute atomic E-state index is 5.57. The van der Waals surface area contributed by atoms with Gasteiger partial charge in [-0.25, -0.2) is 4.98 Å². The van der Waals surface area contributed by atoms with Gasteiger partial charge in [-0.3, -0.25) is 0 Å². The standard InChI is InChI=1S/C14H16BrIN2O/c1-14(2,3)18-7-12-13(19-8-17-12)10-6-9(15)4-5-11(10)16/h4-6,8,18H,7H2,1-3H3. The van der Waals surface area contributed by atoms with Gasteiger partial charge in [-0.15, -0.1) is 0 Å². The van der Waals surface area contributed by atoms with Gasteiger partial charge in [0.2, 0.25) is 0 Å². The highest BCUT2D eigenvalue weighted by Crippen LogP contribution is 2.30. The Morgan fingerprint density at radius 2 is 2.11 bits per heavy atom. The maximum Gasteiger partial charge on any atom is 0.181 e. The molecule has 1 N–H and O–H groups in total. The molecule has 102 valence electrons. The van der Waals surface area contributed by atoms with E-state index in [2.05, 4.69) is 81.7 Å². The van der Waals surface area contributed by atoms with Crippen molar-refractivity contribution < 1.29 is 4.42 Å². The van der Waals surface area contributed by atoms with E-state index in [4.69, 9.17) is 4.42 Å². The fourth-order valence-electron chi connectivity index (χ4n) is 1.63. The van der Waals surface area contributed by atoms with E-state index in [-0.39, 0.29) is 5.54 Å². The number of hydrogen-bond donors (Lipinski definition) is 1. The Kier molecular flexibility index (Phi) is 4.68. The van der Waals surface area contributed by atoms with Crippen molar-refractivity contribution in [3.05, 3.63) is 38.3 Å². The van der Waals surface area contributed by atoms with Crippen molar-refractivity contribution >= 4 is 38.5 Å². The van der Waals surface area contributed by atoms with Crippen LogP contribution >= 0.6 is 38.5 Å². The second-order valence-corrected chi connectivity index (χ2v) is 7.43. The third-order valence-corrected chi connectivity index (χ3v) is 4.03. The van der Waals surface area contributed by atoms with Gasteiger partial charge in [-0.05, 0) is 61.6 Å². The zero-order valence-corrected chi connectivity index (χ0v) is 14.9. The highest BCUT2D eigenvalue weighted by atomic mass is 127. The first-order valence-electron chi connectivity index (χ1n) is 5.99. The number of nitrogens with zero attached hydrogens (tertiary/aromatic N) is 1. The number of halogens is 2. The van der Waals surface area contributed by atoms with E-state index in [0.717, 1.165) is 25.1 Å². The lowest BCUT2D eigenvalue weighted by Crippen LogP contribution is -2.35. The summed E-state index contributed by atoms with van der Waals surface area (Å²) in [4.78, 5) is 4.32. The summed E-state index contributed by atoms with van der Waals surface area (Å²) in [6.45, 7) is 7.10. The van der Waals surface area contributed by atoms with Crippen LogP contribution in [0, 0.1) is 3.57 Å². The van der Waals surface area contributed by atoms with Crippen LogP contribution in [0.5, 0.6) is 0 Å². The second kappa shape index (κ2) is 5.93. The highest BCUT2D eigenvalue weighted by molar-refractivity contribution is 14.1. The van der Waals surface area contributed by atoms with Gasteiger partial charge in [0, 0.05) is 25.7 Å². The van der Waals surface area contributed by atoms with Crippen LogP contribution in [0.4, 0.5) is 0 Å². The van der Waals surface area contributed by atoms with Gasteiger partial charge in [0.1, 0.15) is 5.69 Å². The Morgan fingerprint density at radius 1 is 1.37 bits per heavy atom. The van der Waals surface area contributed by atoms with Crippen LogP contribution in [0.1, 0.15) is 26.5 Å². The summed E-state index contributed by atoms with van der Waals surface area (Å²) in [7, 11) is 0. The Morgan fingerprint density at radius 3 is 2.79 bits per heavy atom. The number of benzene rings is 1. The Balaban J connectivity index is 2.31. The number of oxazole rings is 1. The molecule has 0 saturated carbocycles.